The molecule has 4 nitrogen and oxygen atoms in total. The van der Waals surface area contributed by atoms with E-state index in [1.165, 1.54) is 11.1 Å². The minimum Gasteiger partial charge on any atom is -0.497 e. The predicted octanol–water partition coefficient (Wildman–Crippen LogP) is 2.16. The van der Waals surface area contributed by atoms with Crippen LogP contribution >= 0.6 is 0 Å². The molecule has 5 rings (SSSR count). The fourth-order valence-electron chi connectivity index (χ4n) is 5.38. The SMILES string of the molecule is COC1=CCC2[C@@H]3Cc4ccc(OC)c5c4[C@]2(CCN3)C1O5. The molecule has 1 saturated heterocycles. The van der Waals surface area contributed by atoms with Crippen molar-refractivity contribution in [1.29, 1.82) is 0 Å². The number of hydrogen-bond donors (Lipinski definition) is 1. The van der Waals surface area contributed by atoms with Crippen LogP contribution in [0.15, 0.2) is 24.0 Å². The number of hydrogen-bond acceptors (Lipinski definition) is 4. The van der Waals surface area contributed by atoms with Crippen molar-refractivity contribution in [2.75, 3.05) is 20.8 Å². The summed E-state index contributed by atoms with van der Waals surface area (Å²) < 4.78 is 17.7. The second-order valence-electron chi connectivity index (χ2n) is 6.84. The fourth-order valence-corrected chi connectivity index (χ4v) is 5.38. The molecule has 4 aliphatic rings. The first-order valence-electron chi connectivity index (χ1n) is 8.14. The lowest BCUT2D eigenvalue weighted by Crippen LogP contribution is -2.63. The average molecular weight is 299 g/mol. The summed E-state index contributed by atoms with van der Waals surface area (Å²) in [6, 6.07) is 4.82. The van der Waals surface area contributed by atoms with E-state index in [4.69, 9.17) is 14.2 Å². The summed E-state index contributed by atoms with van der Waals surface area (Å²) in [5, 5.41) is 3.73. The van der Waals surface area contributed by atoms with Gasteiger partial charge in [0.05, 0.1) is 14.2 Å². The maximum Gasteiger partial charge on any atom is 0.166 e. The van der Waals surface area contributed by atoms with Crippen molar-refractivity contribution in [1.82, 2.24) is 5.32 Å². The normalized spacial score (nSPS) is 37.0. The molecule has 2 bridgehead atoms. The van der Waals surface area contributed by atoms with E-state index in [-0.39, 0.29) is 11.5 Å². The third-order valence-electron chi connectivity index (χ3n) is 6.20. The standard InChI is InChI=1S/C18H21NO3/c1-20-13-5-3-10-9-12-11-4-6-14(21-2)17-18(11,7-8-19-12)15(10)16(13)22-17/h3,5-6,11-12,17,19H,4,7-9H2,1-2H3/t11?,12-,17?,18+/m0/s1. The second kappa shape index (κ2) is 4.19. The van der Waals surface area contributed by atoms with Gasteiger partial charge in [-0.3, -0.25) is 0 Å². The monoisotopic (exact) mass is 299 g/mol. The zero-order chi connectivity index (χ0) is 14.9. The summed E-state index contributed by atoms with van der Waals surface area (Å²) in [5.41, 5.74) is 2.89. The Balaban J connectivity index is 1.81. The zero-order valence-corrected chi connectivity index (χ0v) is 13.0. The quantitative estimate of drug-likeness (QED) is 0.908. The maximum atomic E-state index is 6.46. The number of rotatable bonds is 2. The van der Waals surface area contributed by atoms with E-state index in [2.05, 4.69) is 17.5 Å². The first kappa shape index (κ1) is 12.8. The van der Waals surface area contributed by atoms with E-state index in [0.29, 0.717) is 12.0 Å². The molecule has 1 aromatic rings. The van der Waals surface area contributed by atoms with Crippen LogP contribution in [-0.2, 0) is 16.6 Å². The summed E-state index contributed by atoms with van der Waals surface area (Å²) >= 11 is 0. The summed E-state index contributed by atoms with van der Waals surface area (Å²) in [5.74, 6) is 3.39. The highest BCUT2D eigenvalue weighted by Crippen LogP contribution is 2.62. The van der Waals surface area contributed by atoms with Crippen LogP contribution in [0.2, 0.25) is 0 Å². The number of benzene rings is 1. The van der Waals surface area contributed by atoms with Crippen LogP contribution in [0.5, 0.6) is 11.5 Å². The van der Waals surface area contributed by atoms with Crippen molar-refractivity contribution >= 4 is 0 Å². The van der Waals surface area contributed by atoms with Gasteiger partial charge in [-0.1, -0.05) is 6.07 Å². The highest BCUT2D eigenvalue weighted by molar-refractivity contribution is 5.62. The molecule has 4 atom stereocenters. The van der Waals surface area contributed by atoms with Gasteiger partial charge in [-0.15, -0.1) is 0 Å². The summed E-state index contributed by atoms with van der Waals surface area (Å²) in [4.78, 5) is 0. The van der Waals surface area contributed by atoms with Gasteiger partial charge in [-0.05, 0) is 49.4 Å². The first-order chi connectivity index (χ1) is 10.8. The van der Waals surface area contributed by atoms with Crippen molar-refractivity contribution in [3.63, 3.8) is 0 Å². The van der Waals surface area contributed by atoms with Crippen LogP contribution in [0, 0.1) is 5.92 Å². The Morgan fingerprint density at radius 1 is 1.27 bits per heavy atom. The molecule has 2 aliphatic carbocycles. The first-order valence-corrected chi connectivity index (χ1v) is 8.14. The third kappa shape index (κ3) is 1.29. The summed E-state index contributed by atoms with van der Waals surface area (Å²) in [6.07, 6.45) is 5.50. The lowest BCUT2D eigenvalue weighted by molar-refractivity contribution is 0.0182. The van der Waals surface area contributed by atoms with Crippen molar-refractivity contribution in [3.8, 4) is 11.5 Å². The number of piperidine rings is 1. The van der Waals surface area contributed by atoms with Gasteiger partial charge in [0, 0.05) is 17.0 Å². The molecule has 1 fully saturated rings. The molecule has 0 saturated carbocycles. The Bertz CT molecular complexity index is 683. The highest BCUT2D eigenvalue weighted by Gasteiger charge is 2.63. The molecular weight excluding hydrogens is 278 g/mol. The Morgan fingerprint density at radius 2 is 2.18 bits per heavy atom. The number of methoxy groups -OCH3 is 2. The van der Waals surface area contributed by atoms with E-state index in [0.717, 1.165) is 43.1 Å². The van der Waals surface area contributed by atoms with Crippen LogP contribution < -0.4 is 14.8 Å². The predicted molar refractivity (Wildman–Crippen MR) is 82.4 cm³/mol. The molecule has 2 heterocycles. The second-order valence-corrected chi connectivity index (χ2v) is 6.84. The van der Waals surface area contributed by atoms with Crippen LogP contribution in [-0.4, -0.2) is 32.9 Å². The number of nitrogens with one attached hydrogen (secondary N) is 1. The molecule has 1 aromatic carbocycles. The van der Waals surface area contributed by atoms with Crippen molar-refractivity contribution in [3.05, 3.63) is 35.1 Å². The maximum absolute atomic E-state index is 6.46. The summed E-state index contributed by atoms with van der Waals surface area (Å²) in [6.45, 7) is 1.05. The Hall–Kier alpha value is -1.68. The van der Waals surface area contributed by atoms with Crippen molar-refractivity contribution in [2.45, 2.75) is 36.8 Å². The summed E-state index contributed by atoms with van der Waals surface area (Å²) in [7, 11) is 3.48. The van der Waals surface area contributed by atoms with Crippen LogP contribution in [0.3, 0.4) is 0 Å². The van der Waals surface area contributed by atoms with Crippen molar-refractivity contribution in [2.24, 2.45) is 5.92 Å². The molecule has 0 radical (unpaired) electrons. The van der Waals surface area contributed by atoms with Crippen LogP contribution in [0.4, 0.5) is 0 Å². The van der Waals surface area contributed by atoms with Crippen molar-refractivity contribution < 1.29 is 14.2 Å². The molecule has 22 heavy (non-hydrogen) atoms. The van der Waals surface area contributed by atoms with Gasteiger partial charge in [0.15, 0.2) is 17.6 Å². The third-order valence-corrected chi connectivity index (χ3v) is 6.20. The largest absolute Gasteiger partial charge is 0.497 e. The van der Waals surface area contributed by atoms with E-state index in [9.17, 15) is 0 Å². The van der Waals surface area contributed by atoms with E-state index in [1.54, 1.807) is 14.2 Å². The van der Waals surface area contributed by atoms with Gasteiger partial charge >= 0.3 is 0 Å². The average Bonchev–Trinajstić information content (AvgIpc) is 2.88. The van der Waals surface area contributed by atoms with E-state index < -0.39 is 0 Å². The number of ether oxygens (including phenoxy) is 3. The fraction of sp³-hybridized carbons (Fsp3) is 0.556. The zero-order valence-electron chi connectivity index (χ0n) is 13.0. The van der Waals surface area contributed by atoms with E-state index in [1.807, 2.05) is 6.07 Å². The van der Waals surface area contributed by atoms with Gasteiger partial charge < -0.3 is 19.5 Å². The van der Waals surface area contributed by atoms with Gasteiger partial charge in [-0.2, -0.15) is 0 Å². The smallest absolute Gasteiger partial charge is 0.166 e. The Labute approximate surface area is 130 Å². The molecule has 0 aromatic heterocycles. The van der Waals surface area contributed by atoms with Crippen LogP contribution in [0.25, 0.3) is 0 Å². The highest BCUT2D eigenvalue weighted by atomic mass is 16.6. The Kier molecular flexibility index (Phi) is 2.44. The lowest BCUT2D eigenvalue weighted by atomic mass is 9.53. The molecule has 2 aliphatic heterocycles. The molecule has 0 amide bonds. The topological polar surface area (TPSA) is 39.7 Å². The molecule has 4 heteroatoms. The molecular formula is C18H21NO3. The lowest BCUT2D eigenvalue weighted by Gasteiger charge is -2.54. The molecule has 1 N–H and O–H groups in total. The minimum absolute atomic E-state index is 0.00574. The Morgan fingerprint density at radius 3 is 3.00 bits per heavy atom. The van der Waals surface area contributed by atoms with Crippen LogP contribution in [0.1, 0.15) is 24.0 Å². The van der Waals surface area contributed by atoms with Gasteiger partial charge in [-0.25, -0.2) is 0 Å². The minimum atomic E-state index is 0.00574. The molecule has 1 spiro atoms. The number of allylic oxidation sites excluding steroid dienone is 1. The van der Waals surface area contributed by atoms with E-state index >= 15 is 0 Å². The van der Waals surface area contributed by atoms with Gasteiger partial charge in [0.25, 0.3) is 0 Å². The molecule has 2 unspecified atom stereocenters. The van der Waals surface area contributed by atoms with Gasteiger partial charge in [0.1, 0.15) is 5.76 Å². The molecule has 116 valence electrons. The van der Waals surface area contributed by atoms with Gasteiger partial charge in [0.2, 0.25) is 0 Å².